The third-order valence-corrected chi connectivity index (χ3v) is 5.23. The van der Waals surface area contributed by atoms with E-state index >= 15 is 0 Å². The zero-order chi connectivity index (χ0) is 15.9. The van der Waals surface area contributed by atoms with E-state index in [4.69, 9.17) is 0 Å². The molecule has 0 spiro atoms. The highest BCUT2D eigenvalue weighted by Gasteiger charge is 2.27. The van der Waals surface area contributed by atoms with Crippen LogP contribution >= 0.6 is 24.2 Å². The van der Waals surface area contributed by atoms with Gasteiger partial charge in [-0.1, -0.05) is 48.5 Å². The molecule has 2 aromatic carbocycles. The highest BCUT2D eigenvalue weighted by molar-refractivity contribution is 8.00. The Bertz CT molecular complexity index is 616. The van der Waals surface area contributed by atoms with E-state index in [0.29, 0.717) is 0 Å². The van der Waals surface area contributed by atoms with Crippen LogP contribution < -0.4 is 5.32 Å². The molecule has 1 atom stereocenters. The molecule has 0 aliphatic carbocycles. The van der Waals surface area contributed by atoms with Crippen LogP contribution in [0.5, 0.6) is 0 Å². The third-order valence-electron chi connectivity index (χ3n) is 3.98. The Morgan fingerprint density at radius 3 is 2.33 bits per heavy atom. The van der Waals surface area contributed by atoms with Gasteiger partial charge in [-0.25, -0.2) is 0 Å². The maximum absolute atomic E-state index is 13.1. The number of amides is 1. The number of nitrogens with zero attached hydrogens (tertiary/aromatic N) is 1. The monoisotopic (exact) mass is 362 g/mol. The predicted octanol–water partition coefficient (Wildman–Crippen LogP) is 3.76. The van der Waals surface area contributed by atoms with Gasteiger partial charge in [0.2, 0.25) is 5.91 Å². The highest BCUT2D eigenvalue weighted by Crippen LogP contribution is 2.36. The van der Waals surface area contributed by atoms with Crippen molar-refractivity contribution in [2.45, 2.75) is 16.6 Å². The molecule has 0 aromatic heterocycles. The summed E-state index contributed by atoms with van der Waals surface area (Å²) in [4.78, 5) is 16.3. The average Bonchev–Trinajstić information content (AvgIpc) is 2.90. The standard InChI is InChI=1S/C19H22N2OS.ClH/c22-19(21-14-7-12-20-13-15-21)18(16-8-3-1-4-9-16)23-17-10-5-2-6-11-17;/h1-6,8-11,18,20H,7,12-15H2;1H. The second-order valence-electron chi connectivity index (χ2n) is 5.65. The lowest BCUT2D eigenvalue weighted by Crippen LogP contribution is -2.36. The van der Waals surface area contributed by atoms with Gasteiger partial charge in [0.15, 0.2) is 0 Å². The zero-order valence-corrected chi connectivity index (χ0v) is 15.2. The lowest BCUT2D eigenvalue weighted by molar-refractivity contribution is -0.130. The minimum atomic E-state index is -0.184. The van der Waals surface area contributed by atoms with Crippen LogP contribution in [0.2, 0.25) is 0 Å². The van der Waals surface area contributed by atoms with Crippen LogP contribution in [0.3, 0.4) is 0 Å². The van der Waals surface area contributed by atoms with Gasteiger partial charge in [-0.3, -0.25) is 4.79 Å². The number of hydrogen-bond acceptors (Lipinski definition) is 3. The first-order valence-corrected chi connectivity index (χ1v) is 8.99. The Balaban J connectivity index is 0.00000208. The minimum Gasteiger partial charge on any atom is -0.340 e. The summed E-state index contributed by atoms with van der Waals surface area (Å²) in [5, 5.41) is 3.18. The molecule has 1 aliphatic rings. The number of nitrogens with one attached hydrogen (secondary N) is 1. The topological polar surface area (TPSA) is 32.3 Å². The van der Waals surface area contributed by atoms with Crippen LogP contribution in [0.1, 0.15) is 17.2 Å². The van der Waals surface area contributed by atoms with Crippen molar-refractivity contribution in [3.8, 4) is 0 Å². The molecular weight excluding hydrogens is 340 g/mol. The SMILES string of the molecule is Cl.O=C(C(Sc1ccccc1)c1ccccc1)N1CCCNCC1. The van der Waals surface area contributed by atoms with Gasteiger partial charge in [0, 0.05) is 24.5 Å². The number of thioether (sulfide) groups is 1. The number of carbonyl (C=O) groups excluding carboxylic acids is 1. The Kier molecular flexibility index (Phi) is 7.63. The van der Waals surface area contributed by atoms with Gasteiger partial charge < -0.3 is 10.2 Å². The zero-order valence-electron chi connectivity index (χ0n) is 13.6. The van der Waals surface area contributed by atoms with Crippen LogP contribution in [-0.4, -0.2) is 37.0 Å². The van der Waals surface area contributed by atoms with E-state index in [1.807, 2.05) is 41.3 Å². The van der Waals surface area contributed by atoms with Crippen molar-refractivity contribution in [3.05, 3.63) is 66.2 Å². The van der Waals surface area contributed by atoms with Crippen molar-refractivity contribution < 1.29 is 4.79 Å². The summed E-state index contributed by atoms with van der Waals surface area (Å²) in [5.41, 5.74) is 1.07. The second kappa shape index (κ2) is 9.72. The summed E-state index contributed by atoms with van der Waals surface area (Å²) >= 11 is 1.64. The van der Waals surface area contributed by atoms with Crippen molar-refractivity contribution in [2.75, 3.05) is 26.2 Å². The molecular formula is C19H23ClN2OS. The lowest BCUT2D eigenvalue weighted by Gasteiger charge is -2.26. The molecule has 1 unspecified atom stereocenters. The first kappa shape index (κ1) is 18.8. The first-order chi connectivity index (χ1) is 11.3. The van der Waals surface area contributed by atoms with Crippen molar-refractivity contribution in [2.24, 2.45) is 0 Å². The molecule has 1 fully saturated rings. The van der Waals surface area contributed by atoms with Crippen LogP contribution in [0.4, 0.5) is 0 Å². The van der Waals surface area contributed by atoms with E-state index in [1.54, 1.807) is 11.8 Å². The minimum absolute atomic E-state index is 0. The fourth-order valence-corrected chi connectivity index (χ4v) is 3.89. The molecule has 24 heavy (non-hydrogen) atoms. The molecule has 0 bridgehead atoms. The highest BCUT2D eigenvalue weighted by atomic mass is 35.5. The Morgan fingerprint density at radius 1 is 0.958 bits per heavy atom. The number of hydrogen-bond donors (Lipinski definition) is 1. The molecule has 1 heterocycles. The quantitative estimate of drug-likeness (QED) is 0.840. The van der Waals surface area contributed by atoms with E-state index in [-0.39, 0.29) is 23.6 Å². The largest absolute Gasteiger partial charge is 0.340 e. The molecule has 1 saturated heterocycles. The van der Waals surface area contributed by atoms with Crippen molar-refractivity contribution in [3.63, 3.8) is 0 Å². The summed E-state index contributed by atoms with van der Waals surface area (Å²) in [6, 6.07) is 20.3. The van der Waals surface area contributed by atoms with Crippen LogP contribution in [0.25, 0.3) is 0 Å². The van der Waals surface area contributed by atoms with E-state index < -0.39 is 0 Å². The summed E-state index contributed by atoms with van der Waals surface area (Å²) in [6.07, 6.45) is 1.02. The maximum Gasteiger partial charge on any atom is 0.240 e. The van der Waals surface area contributed by atoms with E-state index in [0.717, 1.165) is 43.1 Å². The summed E-state index contributed by atoms with van der Waals surface area (Å²) in [6.45, 7) is 3.50. The fourth-order valence-electron chi connectivity index (χ4n) is 2.76. The molecule has 3 rings (SSSR count). The van der Waals surface area contributed by atoms with Gasteiger partial charge in [-0.05, 0) is 30.7 Å². The molecule has 5 heteroatoms. The molecule has 1 aliphatic heterocycles. The fraction of sp³-hybridized carbons (Fsp3) is 0.316. The van der Waals surface area contributed by atoms with Gasteiger partial charge in [0.05, 0.1) is 0 Å². The Labute approximate surface area is 154 Å². The van der Waals surface area contributed by atoms with Crippen molar-refractivity contribution in [1.82, 2.24) is 10.2 Å². The summed E-state index contributed by atoms with van der Waals surface area (Å²) in [7, 11) is 0. The van der Waals surface area contributed by atoms with E-state index in [9.17, 15) is 4.79 Å². The molecule has 3 nitrogen and oxygen atoms in total. The molecule has 2 aromatic rings. The Hall–Kier alpha value is -1.49. The lowest BCUT2D eigenvalue weighted by atomic mass is 10.1. The Morgan fingerprint density at radius 2 is 1.62 bits per heavy atom. The average molecular weight is 363 g/mol. The first-order valence-electron chi connectivity index (χ1n) is 8.11. The number of benzene rings is 2. The molecule has 0 radical (unpaired) electrons. The summed E-state index contributed by atoms with van der Waals surface area (Å²) < 4.78 is 0. The van der Waals surface area contributed by atoms with Gasteiger partial charge in [-0.2, -0.15) is 0 Å². The van der Waals surface area contributed by atoms with Crippen LogP contribution in [0, 0.1) is 0 Å². The van der Waals surface area contributed by atoms with Gasteiger partial charge in [0.1, 0.15) is 5.25 Å². The van der Waals surface area contributed by atoms with Gasteiger partial charge in [-0.15, -0.1) is 24.2 Å². The normalized spacial score (nSPS) is 15.9. The van der Waals surface area contributed by atoms with E-state index in [2.05, 4.69) is 29.6 Å². The molecule has 128 valence electrons. The van der Waals surface area contributed by atoms with Crippen molar-refractivity contribution >= 4 is 30.1 Å². The van der Waals surface area contributed by atoms with Crippen molar-refractivity contribution in [1.29, 1.82) is 0 Å². The van der Waals surface area contributed by atoms with Gasteiger partial charge in [0.25, 0.3) is 0 Å². The van der Waals surface area contributed by atoms with Crippen LogP contribution in [0.15, 0.2) is 65.6 Å². The molecule has 0 saturated carbocycles. The van der Waals surface area contributed by atoms with E-state index in [1.165, 1.54) is 0 Å². The van der Waals surface area contributed by atoms with Crippen LogP contribution in [-0.2, 0) is 4.79 Å². The molecule has 1 amide bonds. The smallest absolute Gasteiger partial charge is 0.240 e. The maximum atomic E-state index is 13.1. The number of carbonyl (C=O) groups is 1. The third kappa shape index (κ3) is 5.00. The molecule has 1 N–H and O–H groups in total. The number of rotatable bonds is 4. The summed E-state index contributed by atoms with van der Waals surface area (Å²) in [5.74, 6) is 0.216. The second-order valence-corrected chi connectivity index (χ2v) is 6.83. The predicted molar refractivity (Wildman–Crippen MR) is 103 cm³/mol. The van der Waals surface area contributed by atoms with Gasteiger partial charge >= 0.3 is 0 Å². The number of halogens is 1.